The van der Waals surface area contributed by atoms with Crippen LogP contribution < -0.4 is 20.1 Å². The number of para-hydroxylation sites is 1. The SMILES string of the molecule is COc1cccc(CNC(=O)C2CCCNC2)c1OC1CCCC1.Cl. The van der Waals surface area contributed by atoms with Crippen molar-refractivity contribution in [3.63, 3.8) is 0 Å². The van der Waals surface area contributed by atoms with Crippen LogP contribution in [0.25, 0.3) is 0 Å². The topological polar surface area (TPSA) is 59.6 Å². The van der Waals surface area contributed by atoms with Gasteiger partial charge in [0.2, 0.25) is 5.91 Å². The summed E-state index contributed by atoms with van der Waals surface area (Å²) >= 11 is 0. The number of hydrogen-bond donors (Lipinski definition) is 2. The Bertz CT molecular complexity index is 556. The van der Waals surface area contributed by atoms with Gasteiger partial charge >= 0.3 is 0 Å². The molecule has 3 rings (SSSR count). The Hall–Kier alpha value is -1.46. The second kappa shape index (κ2) is 9.88. The fourth-order valence-corrected chi connectivity index (χ4v) is 3.57. The summed E-state index contributed by atoms with van der Waals surface area (Å²) in [6.07, 6.45) is 6.92. The first kappa shape index (κ1) is 19.9. The number of carbonyl (C=O) groups is 1. The van der Waals surface area contributed by atoms with Gasteiger partial charge in [-0.05, 0) is 51.1 Å². The molecular formula is C19H29ClN2O3. The summed E-state index contributed by atoms with van der Waals surface area (Å²) in [5.41, 5.74) is 0.985. The van der Waals surface area contributed by atoms with Gasteiger partial charge in [0, 0.05) is 18.7 Å². The minimum atomic E-state index is 0. The predicted octanol–water partition coefficient (Wildman–Crippen LogP) is 3.05. The van der Waals surface area contributed by atoms with Crippen molar-refractivity contribution in [3.05, 3.63) is 23.8 Å². The molecule has 2 N–H and O–H groups in total. The van der Waals surface area contributed by atoms with Crippen LogP contribution in [0.2, 0.25) is 0 Å². The van der Waals surface area contributed by atoms with Gasteiger partial charge in [-0.3, -0.25) is 4.79 Å². The van der Waals surface area contributed by atoms with Crippen molar-refractivity contribution in [2.75, 3.05) is 20.2 Å². The molecular weight excluding hydrogens is 340 g/mol. The standard InChI is InChI=1S/C19H28N2O3.ClH/c1-23-17-10-4-6-14(18(17)24-16-8-2-3-9-16)13-21-19(22)15-7-5-11-20-12-15;/h4,6,10,15-16,20H,2-3,5,7-9,11-13H2,1H3,(H,21,22);1H. The molecule has 6 heteroatoms. The van der Waals surface area contributed by atoms with E-state index >= 15 is 0 Å². The lowest BCUT2D eigenvalue weighted by Gasteiger charge is -2.23. The third kappa shape index (κ3) is 5.25. The molecule has 2 fully saturated rings. The van der Waals surface area contributed by atoms with Gasteiger partial charge < -0.3 is 20.1 Å². The zero-order valence-corrected chi connectivity index (χ0v) is 15.7. The number of methoxy groups -OCH3 is 1. The Balaban J connectivity index is 0.00000225. The number of carbonyl (C=O) groups excluding carboxylic acids is 1. The van der Waals surface area contributed by atoms with E-state index in [9.17, 15) is 4.79 Å². The first-order valence-electron chi connectivity index (χ1n) is 9.09. The monoisotopic (exact) mass is 368 g/mol. The zero-order valence-electron chi connectivity index (χ0n) is 14.9. The number of ether oxygens (including phenoxy) is 2. The van der Waals surface area contributed by atoms with E-state index in [0.717, 1.165) is 55.8 Å². The molecule has 1 amide bonds. The van der Waals surface area contributed by atoms with Crippen molar-refractivity contribution in [2.45, 2.75) is 51.2 Å². The average molecular weight is 369 g/mol. The van der Waals surface area contributed by atoms with Crippen molar-refractivity contribution in [1.82, 2.24) is 10.6 Å². The summed E-state index contributed by atoms with van der Waals surface area (Å²) in [7, 11) is 1.66. The van der Waals surface area contributed by atoms with Gasteiger partial charge in [0.15, 0.2) is 11.5 Å². The van der Waals surface area contributed by atoms with Crippen LogP contribution in [0.3, 0.4) is 0 Å². The van der Waals surface area contributed by atoms with Crippen LogP contribution in [0.15, 0.2) is 18.2 Å². The lowest BCUT2D eigenvalue weighted by molar-refractivity contribution is -0.125. The molecule has 0 spiro atoms. The van der Waals surface area contributed by atoms with Gasteiger partial charge in [0.05, 0.1) is 19.1 Å². The van der Waals surface area contributed by atoms with Gasteiger partial charge in [-0.2, -0.15) is 0 Å². The molecule has 0 radical (unpaired) electrons. The zero-order chi connectivity index (χ0) is 16.8. The fourth-order valence-electron chi connectivity index (χ4n) is 3.57. The van der Waals surface area contributed by atoms with Crippen molar-refractivity contribution in [2.24, 2.45) is 5.92 Å². The highest BCUT2D eigenvalue weighted by Gasteiger charge is 2.23. The fraction of sp³-hybridized carbons (Fsp3) is 0.632. The molecule has 1 aliphatic carbocycles. The number of amides is 1. The van der Waals surface area contributed by atoms with E-state index in [1.165, 1.54) is 12.8 Å². The predicted molar refractivity (Wildman–Crippen MR) is 101 cm³/mol. The summed E-state index contributed by atoms with van der Waals surface area (Å²) < 4.78 is 11.7. The van der Waals surface area contributed by atoms with E-state index < -0.39 is 0 Å². The van der Waals surface area contributed by atoms with Crippen LogP contribution >= 0.6 is 12.4 Å². The van der Waals surface area contributed by atoms with E-state index in [-0.39, 0.29) is 30.3 Å². The van der Waals surface area contributed by atoms with E-state index in [0.29, 0.717) is 6.54 Å². The number of hydrogen-bond acceptors (Lipinski definition) is 4. The maximum atomic E-state index is 12.4. The van der Waals surface area contributed by atoms with E-state index in [1.807, 2.05) is 18.2 Å². The number of halogens is 1. The van der Waals surface area contributed by atoms with Gasteiger partial charge in [0.1, 0.15) is 0 Å². The molecule has 0 bridgehead atoms. The summed E-state index contributed by atoms with van der Waals surface area (Å²) in [5, 5.41) is 6.36. The maximum Gasteiger partial charge on any atom is 0.224 e. The third-order valence-electron chi connectivity index (χ3n) is 4.99. The van der Waals surface area contributed by atoms with Crippen LogP contribution in [0.1, 0.15) is 44.1 Å². The highest BCUT2D eigenvalue weighted by atomic mass is 35.5. The summed E-state index contributed by atoms with van der Waals surface area (Å²) in [4.78, 5) is 12.4. The summed E-state index contributed by atoms with van der Waals surface area (Å²) in [5.74, 6) is 1.72. The Morgan fingerprint density at radius 1 is 1.24 bits per heavy atom. The van der Waals surface area contributed by atoms with Crippen LogP contribution in [0.5, 0.6) is 11.5 Å². The number of rotatable bonds is 6. The molecule has 140 valence electrons. The Kier molecular flexibility index (Phi) is 7.85. The van der Waals surface area contributed by atoms with Gasteiger partial charge in [-0.15, -0.1) is 12.4 Å². The molecule has 25 heavy (non-hydrogen) atoms. The highest BCUT2D eigenvalue weighted by Crippen LogP contribution is 2.34. The molecule has 1 saturated carbocycles. The number of benzene rings is 1. The first-order chi connectivity index (χ1) is 11.8. The van der Waals surface area contributed by atoms with E-state index in [1.54, 1.807) is 7.11 Å². The second-order valence-corrected chi connectivity index (χ2v) is 6.73. The van der Waals surface area contributed by atoms with Gasteiger partial charge in [0.25, 0.3) is 0 Å². The Morgan fingerprint density at radius 3 is 2.72 bits per heavy atom. The van der Waals surface area contributed by atoms with Gasteiger partial charge in [-0.1, -0.05) is 12.1 Å². The minimum absolute atomic E-state index is 0. The number of piperidine rings is 1. The van der Waals surface area contributed by atoms with Gasteiger partial charge in [-0.25, -0.2) is 0 Å². The Morgan fingerprint density at radius 2 is 2.04 bits per heavy atom. The quantitative estimate of drug-likeness (QED) is 0.810. The van der Waals surface area contributed by atoms with Crippen molar-refractivity contribution >= 4 is 18.3 Å². The van der Waals surface area contributed by atoms with Crippen molar-refractivity contribution in [1.29, 1.82) is 0 Å². The molecule has 1 unspecified atom stereocenters. The minimum Gasteiger partial charge on any atom is -0.493 e. The largest absolute Gasteiger partial charge is 0.493 e. The maximum absolute atomic E-state index is 12.4. The van der Waals surface area contributed by atoms with Crippen LogP contribution in [0.4, 0.5) is 0 Å². The molecule has 0 aromatic heterocycles. The molecule has 1 aromatic carbocycles. The average Bonchev–Trinajstić information content (AvgIpc) is 3.14. The lowest BCUT2D eigenvalue weighted by atomic mass is 9.99. The summed E-state index contributed by atoms with van der Waals surface area (Å²) in [6, 6.07) is 5.87. The van der Waals surface area contributed by atoms with E-state index in [2.05, 4.69) is 10.6 Å². The Labute approximate surface area is 156 Å². The molecule has 1 atom stereocenters. The molecule has 1 aliphatic heterocycles. The second-order valence-electron chi connectivity index (χ2n) is 6.73. The lowest BCUT2D eigenvalue weighted by Crippen LogP contribution is -2.40. The first-order valence-corrected chi connectivity index (χ1v) is 9.09. The van der Waals surface area contributed by atoms with Crippen LogP contribution in [-0.4, -0.2) is 32.2 Å². The molecule has 1 heterocycles. The summed E-state index contributed by atoms with van der Waals surface area (Å²) in [6.45, 7) is 2.27. The van der Waals surface area contributed by atoms with Crippen molar-refractivity contribution in [3.8, 4) is 11.5 Å². The molecule has 2 aliphatic rings. The van der Waals surface area contributed by atoms with E-state index in [4.69, 9.17) is 9.47 Å². The van der Waals surface area contributed by atoms with Crippen LogP contribution in [0, 0.1) is 5.92 Å². The number of nitrogens with one attached hydrogen (secondary N) is 2. The smallest absolute Gasteiger partial charge is 0.224 e. The third-order valence-corrected chi connectivity index (χ3v) is 4.99. The molecule has 1 aromatic rings. The molecule has 1 saturated heterocycles. The van der Waals surface area contributed by atoms with Crippen molar-refractivity contribution < 1.29 is 14.3 Å². The highest BCUT2D eigenvalue weighted by molar-refractivity contribution is 5.85. The van der Waals surface area contributed by atoms with Crippen LogP contribution in [-0.2, 0) is 11.3 Å². The molecule has 5 nitrogen and oxygen atoms in total. The normalized spacial score (nSPS) is 20.6.